The lowest BCUT2D eigenvalue weighted by Crippen LogP contribution is -2.23. The van der Waals surface area contributed by atoms with Crippen molar-refractivity contribution < 1.29 is 27.4 Å². The number of nitrogens with one attached hydrogen (secondary N) is 2. The third-order valence-corrected chi connectivity index (χ3v) is 6.15. The summed E-state index contributed by atoms with van der Waals surface area (Å²) in [5.74, 6) is 1.22. The van der Waals surface area contributed by atoms with E-state index in [2.05, 4.69) is 10.0 Å². The van der Waals surface area contributed by atoms with Crippen molar-refractivity contribution >= 4 is 21.6 Å². The van der Waals surface area contributed by atoms with Crippen LogP contribution in [-0.4, -0.2) is 27.7 Å². The maximum atomic E-state index is 12.9. The van der Waals surface area contributed by atoms with Crippen molar-refractivity contribution in [1.82, 2.24) is 4.72 Å². The third-order valence-electron chi connectivity index (χ3n) is 4.75. The summed E-state index contributed by atoms with van der Waals surface area (Å²) in [6.45, 7) is 2.38. The Morgan fingerprint density at radius 3 is 2.56 bits per heavy atom. The van der Waals surface area contributed by atoms with Gasteiger partial charge in [-0.2, -0.15) is 0 Å². The van der Waals surface area contributed by atoms with E-state index in [-0.39, 0.29) is 29.8 Å². The molecule has 0 radical (unpaired) electrons. The number of carbonyl (C=O) groups is 1. The van der Waals surface area contributed by atoms with Crippen LogP contribution in [0.1, 0.15) is 22.8 Å². The van der Waals surface area contributed by atoms with Gasteiger partial charge in [0.15, 0.2) is 11.5 Å². The van der Waals surface area contributed by atoms with Crippen LogP contribution in [0, 0.1) is 0 Å². The maximum absolute atomic E-state index is 12.9. The summed E-state index contributed by atoms with van der Waals surface area (Å²) in [7, 11) is -3.86. The molecule has 4 rings (SSSR count). The van der Waals surface area contributed by atoms with Gasteiger partial charge >= 0.3 is 0 Å². The third kappa shape index (κ3) is 4.84. The number of hydrogen-bond donors (Lipinski definition) is 2. The highest BCUT2D eigenvalue weighted by Gasteiger charge is 2.19. The second kappa shape index (κ2) is 9.29. The van der Waals surface area contributed by atoms with Crippen molar-refractivity contribution in [3.05, 3.63) is 77.9 Å². The first-order valence-electron chi connectivity index (χ1n) is 9.98. The Morgan fingerprint density at radius 1 is 1.00 bits per heavy atom. The van der Waals surface area contributed by atoms with Crippen LogP contribution in [0.3, 0.4) is 0 Å². The van der Waals surface area contributed by atoms with Crippen molar-refractivity contribution in [3.63, 3.8) is 0 Å². The molecule has 1 heterocycles. The van der Waals surface area contributed by atoms with Gasteiger partial charge in [0.05, 0.1) is 17.2 Å². The molecule has 166 valence electrons. The van der Waals surface area contributed by atoms with Crippen LogP contribution in [-0.2, 0) is 16.6 Å². The van der Waals surface area contributed by atoms with Gasteiger partial charge in [0.25, 0.3) is 5.91 Å². The molecule has 1 aliphatic rings. The fourth-order valence-electron chi connectivity index (χ4n) is 3.15. The van der Waals surface area contributed by atoms with Crippen LogP contribution < -0.4 is 24.2 Å². The lowest BCUT2D eigenvalue weighted by atomic mass is 10.2. The van der Waals surface area contributed by atoms with E-state index in [1.165, 1.54) is 18.2 Å². The molecule has 3 aromatic rings. The second-order valence-corrected chi connectivity index (χ2v) is 8.69. The van der Waals surface area contributed by atoms with Crippen molar-refractivity contribution in [3.8, 4) is 17.2 Å². The average Bonchev–Trinajstić information content (AvgIpc) is 3.27. The normalized spacial score (nSPS) is 12.4. The average molecular weight is 455 g/mol. The monoisotopic (exact) mass is 454 g/mol. The number of rotatable bonds is 8. The van der Waals surface area contributed by atoms with Crippen LogP contribution in [0.4, 0.5) is 5.69 Å². The number of amides is 1. The highest BCUT2D eigenvalue weighted by molar-refractivity contribution is 7.89. The van der Waals surface area contributed by atoms with Crippen LogP contribution in [0.2, 0.25) is 0 Å². The number of fused-ring (bicyclic) bond motifs is 1. The molecule has 1 aliphatic heterocycles. The standard InChI is InChI=1S/C23H22N2O6S/c1-2-29-20-11-9-18(13-19(20)25-23(26)17-6-4-3-5-7-17)32(27,28)24-14-16-8-10-21-22(12-16)31-15-30-21/h3-13,24H,2,14-15H2,1H3,(H,25,26). The van der Waals surface area contributed by atoms with Crippen LogP contribution in [0.5, 0.6) is 17.2 Å². The van der Waals surface area contributed by atoms with E-state index in [0.717, 1.165) is 5.56 Å². The molecular formula is C23H22N2O6S. The Labute approximate surface area is 186 Å². The minimum atomic E-state index is -3.86. The van der Waals surface area contributed by atoms with Gasteiger partial charge in [0.1, 0.15) is 5.75 Å². The molecule has 0 bridgehead atoms. The topological polar surface area (TPSA) is 103 Å². The Morgan fingerprint density at radius 2 is 1.78 bits per heavy atom. The molecule has 0 fully saturated rings. The van der Waals surface area contributed by atoms with Crippen LogP contribution in [0.25, 0.3) is 0 Å². The van der Waals surface area contributed by atoms with Crippen molar-refractivity contribution in [2.24, 2.45) is 0 Å². The molecule has 0 atom stereocenters. The summed E-state index contributed by atoms with van der Waals surface area (Å²) in [6.07, 6.45) is 0. The SMILES string of the molecule is CCOc1ccc(S(=O)(=O)NCc2ccc3c(c2)OCO3)cc1NC(=O)c1ccccc1. The van der Waals surface area contributed by atoms with Crippen molar-refractivity contribution in [1.29, 1.82) is 0 Å². The van der Waals surface area contributed by atoms with Crippen molar-refractivity contribution in [2.75, 3.05) is 18.7 Å². The Balaban J connectivity index is 1.54. The Bertz CT molecular complexity index is 1230. The second-order valence-electron chi connectivity index (χ2n) is 6.92. The first kappa shape index (κ1) is 21.7. The van der Waals surface area contributed by atoms with E-state index in [1.54, 1.807) is 55.5 Å². The summed E-state index contributed by atoms with van der Waals surface area (Å²) in [4.78, 5) is 12.6. The number of benzene rings is 3. The molecule has 9 heteroatoms. The fourth-order valence-corrected chi connectivity index (χ4v) is 4.20. The highest BCUT2D eigenvalue weighted by atomic mass is 32.2. The largest absolute Gasteiger partial charge is 0.492 e. The molecule has 2 N–H and O–H groups in total. The van der Waals surface area contributed by atoms with Crippen LogP contribution >= 0.6 is 0 Å². The number of carbonyl (C=O) groups excluding carboxylic acids is 1. The number of hydrogen-bond acceptors (Lipinski definition) is 6. The zero-order chi connectivity index (χ0) is 22.6. The summed E-state index contributed by atoms with van der Waals surface area (Å²) in [6, 6.07) is 18.2. The van der Waals surface area contributed by atoms with E-state index in [4.69, 9.17) is 14.2 Å². The van der Waals surface area contributed by atoms with E-state index in [0.29, 0.717) is 29.4 Å². The predicted molar refractivity (Wildman–Crippen MR) is 119 cm³/mol. The molecular weight excluding hydrogens is 432 g/mol. The molecule has 0 spiro atoms. The van der Waals surface area contributed by atoms with E-state index < -0.39 is 10.0 Å². The summed E-state index contributed by atoms with van der Waals surface area (Å²) in [5, 5.41) is 2.74. The van der Waals surface area contributed by atoms with Crippen LogP contribution in [0.15, 0.2) is 71.6 Å². The molecule has 8 nitrogen and oxygen atoms in total. The molecule has 0 saturated heterocycles. The molecule has 0 aromatic heterocycles. The van der Waals surface area contributed by atoms with Crippen molar-refractivity contribution in [2.45, 2.75) is 18.4 Å². The van der Waals surface area contributed by atoms with E-state index in [1.807, 2.05) is 0 Å². The first-order valence-corrected chi connectivity index (χ1v) is 11.5. The number of sulfonamides is 1. The molecule has 0 unspecified atom stereocenters. The van der Waals surface area contributed by atoms with E-state index in [9.17, 15) is 13.2 Å². The van der Waals surface area contributed by atoms with Gasteiger partial charge < -0.3 is 19.5 Å². The molecule has 0 saturated carbocycles. The Kier molecular flexibility index (Phi) is 6.29. The van der Waals surface area contributed by atoms with Gasteiger partial charge in [0, 0.05) is 12.1 Å². The molecule has 0 aliphatic carbocycles. The summed E-state index contributed by atoms with van der Waals surface area (Å²) >= 11 is 0. The number of anilines is 1. The minimum absolute atomic E-state index is 0.00468. The zero-order valence-corrected chi connectivity index (χ0v) is 18.1. The zero-order valence-electron chi connectivity index (χ0n) is 17.3. The quantitative estimate of drug-likeness (QED) is 0.540. The lowest BCUT2D eigenvalue weighted by molar-refractivity contribution is 0.102. The van der Waals surface area contributed by atoms with Gasteiger partial charge in [-0.25, -0.2) is 13.1 Å². The van der Waals surface area contributed by atoms with Gasteiger partial charge in [0.2, 0.25) is 16.8 Å². The minimum Gasteiger partial charge on any atom is -0.492 e. The Hall–Kier alpha value is -3.56. The number of ether oxygens (including phenoxy) is 3. The van der Waals surface area contributed by atoms with Gasteiger partial charge in [-0.1, -0.05) is 24.3 Å². The summed E-state index contributed by atoms with van der Waals surface area (Å²) < 4.78 is 44.5. The first-order chi connectivity index (χ1) is 15.5. The molecule has 1 amide bonds. The summed E-state index contributed by atoms with van der Waals surface area (Å²) in [5.41, 5.74) is 1.44. The molecule has 3 aromatic carbocycles. The maximum Gasteiger partial charge on any atom is 0.255 e. The predicted octanol–water partition coefficient (Wildman–Crippen LogP) is 3.54. The van der Waals surface area contributed by atoms with E-state index >= 15 is 0 Å². The lowest BCUT2D eigenvalue weighted by Gasteiger charge is -2.14. The molecule has 32 heavy (non-hydrogen) atoms. The highest BCUT2D eigenvalue weighted by Crippen LogP contribution is 2.33. The fraction of sp³-hybridized carbons (Fsp3) is 0.174. The van der Waals surface area contributed by atoms with Gasteiger partial charge in [-0.3, -0.25) is 4.79 Å². The van der Waals surface area contributed by atoms with Gasteiger partial charge in [-0.15, -0.1) is 0 Å². The smallest absolute Gasteiger partial charge is 0.255 e. The van der Waals surface area contributed by atoms with Gasteiger partial charge in [-0.05, 0) is 55.0 Å².